The number of esters is 1. The van der Waals surface area contributed by atoms with Gasteiger partial charge in [-0.3, -0.25) is 0 Å². The van der Waals surface area contributed by atoms with E-state index in [-0.39, 0.29) is 0 Å². The summed E-state index contributed by atoms with van der Waals surface area (Å²) in [5, 5.41) is 0. The van der Waals surface area contributed by atoms with Gasteiger partial charge in [0, 0.05) is 11.6 Å². The molecule has 2 aromatic carbocycles. The smallest absolute Gasteiger partial charge is 0.335 e. The Kier molecular flexibility index (Phi) is 2.49. The minimum absolute atomic E-state index is 0.423. The summed E-state index contributed by atoms with van der Waals surface area (Å²) in [5.74, 6) is 0.190. The third-order valence-electron chi connectivity index (χ3n) is 3.16. The van der Waals surface area contributed by atoms with Crippen LogP contribution in [0.25, 0.3) is 11.1 Å². The van der Waals surface area contributed by atoms with E-state index in [2.05, 4.69) is 24.8 Å². The molecule has 0 atom stereocenters. The first kappa shape index (κ1) is 10.8. The number of carbonyl (C=O) groups is 1. The van der Waals surface area contributed by atoms with E-state index < -0.39 is 5.97 Å². The third kappa shape index (κ3) is 1.63. The highest BCUT2D eigenvalue weighted by atomic mass is 16.5. The molecule has 2 aromatic rings. The van der Waals surface area contributed by atoms with Gasteiger partial charge in [0.2, 0.25) is 0 Å². The van der Waals surface area contributed by atoms with Gasteiger partial charge >= 0.3 is 5.97 Å². The summed E-state index contributed by atoms with van der Waals surface area (Å²) >= 11 is 0. The molecule has 88 valence electrons. The molecule has 0 heterocycles. The van der Waals surface area contributed by atoms with Crippen molar-refractivity contribution in [1.29, 1.82) is 0 Å². The number of fused-ring (bicyclic) bond motifs is 3. The van der Waals surface area contributed by atoms with Crippen molar-refractivity contribution in [3.05, 3.63) is 66.2 Å². The van der Waals surface area contributed by atoms with Crippen LogP contribution in [0.1, 0.15) is 11.1 Å². The fraction of sp³-hybridized carbons (Fsp3) is 0.0625. The zero-order valence-electron chi connectivity index (χ0n) is 9.85. The maximum atomic E-state index is 11.4. The molecule has 0 radical (unpaired) electrons. The van der Waals surface area contributed by atoms with Gasteiger partial charge in [0.25, 0.3) is 0 Å². The fourth-order valence-electron chi connectivity index (χ4n) is 2.39. The number of hydrogen-bond donors (Lipinski definition) is 0. The average molecular weight is 236 g/mol. The molecule has 0 spiro atoms. The van der Waals surface area contributed by atoms with Crippen molar-refractivity contribution < 1.29 is 9.53 Å². The molecule has 0 fully saturated rings. The molecule has 0 saturated heterocycles. The topological polar surface area (TPSA) is 26.3 Å². The van der Waals surface area contributed by atoms with Crippen LogP contribution >= 0.6 is 0 Å². The lowest BCUT2D eigenvalue weighted by Gasteiger charge is -2.08. The SMILES string of the molecule is C=CC(=O)Oc1cccc2c1-c1ccccc1C2. The molecule has 1 aliphatic rings. The first-order chi connectivity index (χ1) is 8.79. The monoisotopic (exact) mass is 236 g/mol. The lowest BCUT2D eigenvalue weighted by molar-refractivity contribution is -0.128. The highest BCUT2D eigenvalue weighted by molar-refractivity contribution is 5.88. The average Bonchev–Trinajstić information content (AvgIpc) is 2.78. The standard InChI is InChI=1S/C16H12O2/c1-2-15(17)18-14-9-5-7-12-10-11-6-3-4-8-13(11)16(12)14/h2-9H,1,10H2. The van der Waals surface area contributed by atoms with E-state index in [1.807, 2.05) is 24.3 Å². The Balaban J connectivity index is 2.14. The fourth-order valence-corrected chi connectivity index (χ4v) is 2.39. The summed E-state index contributed by atoms with van der Waals surface area (Å²) < 4.78 is 5.31. The zero-order chi connectivity index (χ0) is 12.5. The van der Waals surface area contributed by atoms with E-state index in [9.17, 15) is 4.79 Å². The molecule has 2 nitrogen and oxygen atoms in total. The number of rotatable bonds is 2. The summed E-state index contributed by atoms with van der Waals surface area (Å²) in [6.45, 7) is 3.42. The van der Waals surface area contributed by atoms with E-state index in [1.165, 1.54) is 17.2 Å². The van der Waals surface area contributed by atoms with Crippen molar-refractivity contribution in [3.8, 4) is 16.9 Å². The molecule has 0 unspecified atom stereocenters. The zero-order valence-corrected chi connectivity index (χ0v) is 9.85. The normalized spacial score (nSPS) is 11.6. The molecular formula is C16H12O2. The van der Waals surface area contributed by atoms with Gasteiger partial charge in [0.05, 0.1) is 0 Å². The van der Waals surface area contributed by atoms with Crippen LogP contribution in [0.3, 0.4) is 0 Å². The first-order valence-electron chi connectivity index (χ1n) is 5.84. The van der Waals surface area contributed by atoms with Crippen LogP contribution in [-0.2, 0) is 11.2 Å². The molecule has 0 aliphatic heterocycles. The van der Waals surface area contributed by atoms with Gasteiger partial charge in [-0.05, 0) is 29.2 Å². The van der Waals surface area contributed by atoms with Crippen LogP contribution in [0.2, 0.25) is 0 Å². The second kappa shape index (κ2) is 4.15. The van der Waals surface area contributed by atoms with Gasteiger partial charge in [0.1, 0.15) is 5.75 Å². The highest BCUT2D eigenvalue weighted by Crippen LogP contribution is 2.42. The van der Waals surface area contributed by atoms with E-state index in [0.717, 1.165) is 17.5 Å². The number of ether oxygens (including phenoxy) is 1. The quantitative estimate of drug-likeness (QED) is 0.387. The molecule has 3 rings (SSSR count). The lowest BCUT2D eigenvalue weighted by Crippen LogP contribution is -2.04. The van der Waals surface area contributed by atoms with Gasteiger partial charge in [-0.25, -0.2) is 4.79 Å². The summed E-state index contributed by atoms with van der Waals surface area (Å²) in [5.41, 5.74) is 4.66. The molecule has 2 heteroatoms. The van der Waals surface area contributed by atoms with Gasteiger partial charge < -0.3 is 4.74 Å². The predicted molar refractivity (Wildman–Crippen MR) is 70.5 cm³/mol. The number of carbonyl (C=O) groups excluding carboxylic acids is 1. The van der Waals surface area contributed by atoms with E-state index in [1.54, 1.807) is 0 Å². The van der Waals surface area contributed by atoms with E-state index >= 15 is 0 Å². The largest absolute Gasteiger partial charge is 0.423 e. The molecule has 0 aromatic heterocycles. The minimum atomic E-state index is -0.423. The number of benzene rings is 2. The van der Waals surface area contributed by atoms with Crippen molar-refractivity contribution in [3.63, 3.8) is 0 Å². The summed E-state index contributed by atoms with van der Waals surface area (Å²) in [7, 11) is 0. The Morgan fingerprint density at radius 1 is 1.11 bits per heavy atom. The maximum Gasteiger partial charge on any atom is 0.335 e. The van der Waals surface area contributed by atoms with Crippen molar-refractivity contribution in [2.75, 3.05) is 0 Å². The van der Waals surface area contributed by atoms with Crippen LogP contribution in [-0.4, -0.2) is 5.97 Å². The summed E-state index contributed by atoms with van der Waals surface area (Å²) in [6, 6.07) is 14.0. The van der Waals surface area contributed by atoms with E-state index in [0.29, 0.717) is 5.75 Å². The molecule has 0 saturated carbocycles. The summed E-state index contributed by atoms with van der Waals surface area (Å²) in [6.07, 6.45) is 2.07. The van der Waals surface area contributed by atoms with Crippen molar-refractivity contribution in [1.82, 2.24) is 0 Å². The Morgan fingerprint density at radius 3 is 2.72 bits per heavy atom. The molecule has 0 bridgehead atoms. The molecular weight excluding hydrogens is 224 g/mol. The summed E-state index contributed by atoms with van der Waals surface area (Å²) in [4.78, 5) is 11.4. The van der Waals surface area contributed by atoms with Gasteiger partial charge in [-0.2, -0.15) is 0 Å². The van der Waals surface area contributed by atoms with Gasteiger partial charge in [-0.15, -0.1) is 0 Å². The molecule has 0 amide bonds. The third-order valence-corrected chi connectivity index (χ3v) is 3.16. The molecule has 1 aliphatic carbocycles. The predicted octanol–water partition coefficient (Wildman–Crippen LogP) is 3.35. The Morgan fingerprint density at radius 2 is 1.89 bits per heavy atom. The van der Waals surface area contributed by atoms with Crippen molar-refractivity contribution in [2.24, 2.45) is 0 Å². The van der Waals surface area contributed by atoms with E-state index in [4.69, 9.17) is 4.74 Å². The first-order valence-corrected chi connectivity index (χ1v) is 5.84. The van der Waals surface area contributed by atoms with Crippen LogP contribution in [0, 0.1) is 0 Å². The van der Waals surface area contributed by atoms with Crippen LogP contribution in [0.5, 0.6) is 5.75 Å². The second-order valence-corrected chi connectivity index (χ2v) is 4.25. The Bertz CT molecular complexity index is 641. The minimum Gasteiger partial charge on any atom is -0.423 e. The lowest BCUT2D eigenvalue weighted by atomic mass is 10.1. The molecule has 0 N–H and O–H groups in total. The Labute approximate surface area is 106 Å². The van der Waals surface area contributed by atoms with Crippen molar-refractivity contribution in [2.45, 2.75) is 6.42 Å². The van der Waals surface area contributed by atoms with Gasteiger partial charge in [-0.1, -0.05) is 43.0 Å². The Hall–Kier alpha value is -2.35. The van der Waals surface area contributed by atoms with Crippen LogP contribution in [0.15, 0.2) is 55.1 Å². The maximum absolute atomic E-state index is 11.4. The highest BCUT2D eigenvalue weighted by Gasteiger charge is 2.22. The molecule has 18 heavy (non-hydrogen) atoms. The van der Waals surface area contributed by atoms with Crippen LogP contribution in [0.4, 0.5) is 0 Å². The second-order valence-electron chi connectivity index (χ2n) is 4.25. The van der Waals surface area contributed by atoms with Gasteiger partial charge in [0.15, 0.2) is 0 Å². The van der Waals surface area contributed by atoms with Crippen molar-refractivity contribution >= 4 is 5.97 Å². The van der Waals surface area contributed by atoms with Crippen LogP contribution < -0.4 is 4.74 Å². The number of hydrogen-bond acceptors (Lipinski definition) is 2.